The van der Waals surface area contributed by atoms with E-state index in [-0.39, 0.29) is 0 Å². The van der Waals surface area contributed by atoms with E-state index >= 15 is 0 Å². The molecule has 0 bridgehead atoms. The Bertz CT molecular complexity index is 10700. The lowest BCUT2D eigenvalue weighted by molar-refractivity contribution is 1.18. The van der Waals surface area contributed by atoms with Gasteiger partial charge in [-0.1, -0.05) is 406 Å². The van der Waals surface area contributed by atoms with E-state index in [0.717, 1.165) is 160 Å². The third-order valence-corrected chi connectivity index (χ3v) is 29.9. The van der Waals surface area contributed by atoms with Crippen LogP contribution in [0.3, 0.4) is 0 Å². The molecule has 7 heteroatoms. The van der Waals surface area contributed by atoms with Crippen molar-refractivity contribution < 1.29 is 0 Å². The summed E-state index contributed by atoms with van der Waals surface area (Å²) in [4.78, 5) is 23.6. The van der Waals surface area contributed by atoms with E-state index in [1.165, 1.54) is 125 Å². The predicted molar refractivity (Wildman–Crippen MR) is 616 cm³/mol. The Morgan fingerprint density at radius 1 is 0.158 bits per heavy atom. The number of hydrogen-bond donors (Lipinski definition) is 0. The normalized spacial score (nSPS) is 11.7. The minimum Gasteiger partial charge on any atom is -0.309 e. The Morgan fingerprint density at radius 2 is 0.445 bits per heavy atom. The van der Waals surface area contributed by atoms with E-state index in [0.29, 0.717) is 11.4 Å². The van der Waals surface area contributed by atoms with E-state index in [4.69, 9.17) is 28.1 Å². The van der Waals surface area contributed by atoms with Crippen molar-refractivity contribution in [2.75, 3.05) is 0 Å². The van der Waals surface area contributed by atoms with Crippen molar-refractivity contribution in [2.24, 2.45) is 0 Å². The standard InChI is InChI=1S/C52H31N3.C48H29N3.C39H23N/c1-53-41-24-28-50-47(32-41)46-30-39(23-27-49(46)55(50)42-12-3-2-4-13-42)34-15-18-36(19-16-34)52-45-26-21-35-10-7-8-14-43(35)51(45)44-25-22-40(31-48(44)54-52)38-20-17-33-9-5-6-11-37(33)29-38;1-49-37-23-27-46-43(30-37)42-28-35(22-26-45(42)51(46)38-13-6-3-7-14-38)32-16-18-34(19-17-32)48-41-25-20-33-12-8-9-15-39(33)47(41)40-24-21-36(29-44(40)50-48)31-10-4-2-5-11-31;1-2-8-28(9-3-1)39-34-22-15-24-7-4-5-12-31(24)38(34)33-21-18-29(23-35(33)40-39)30-19-16-27-14-13-25-10-6-11-26-17-20-32(30)37(27)36(25)26/h2-32H;2-30H;1-23H. The summed E-state index contributed by atoms with van der Waals surface area (Å²) in [6, 6.07) is 180. The number of rotatable bonds is 10. The van der Waals surface area contributed by atoms with Gasteiger partial charge in [0.15, 0.2) is 11.4 Å². The molecule has 0 unspecified atom stereocenters. The summed E-state index contributed by atoms with van der Waals surface area (Å²) < 4.78 is 4.57. The van der Waals surface area contributed by atoms with Gasteiger partial charge in [-0.25, -0.2) is 24.6 Å². The first kappa shape index (κ1) is 84.3. The first-order valence-corrected chi connectivity index (χ1v) is 49.5. The van der Waals surface area contributed by atoms with E-state index in [1.807, 2.05) is 36.4 Å². The minimum absolute atomic E-state index is 0.640. The van der Waals surface area contributed by atoms with Crippen LogP contribution in [-0.2, 0) is 0 Å². The smallest absolute Gasteiger partial charge is 0.188 e. The van der Waals surface area contributed by atoms with Gasteiger partial charge in [-0.15, -0.1) is 0 Å². The second-order valence-corrected chi connectivity index (χ2v) is 38.1. The van der Waals surface area contributed by atoms with Gasteiger partial charge in [-0.2, -0.15) is 0 Å². The van der Waals surface area contributed by atoms with Gasteiger partial charge in [-0.3, -0.25) is 0 Å². The topological polar surface area (TPSA) is 57.2 Å². The average molecular weight is 1850 g/mol. The maximum atomic E-state index is 7.69. The Labute approximate surface area is 840 Å². The molecule has 0 aliphatic carbocycles. The van der Waals surface area contributed by atoms with Gasteiger partial charge in [0.1, 0.15) is 0 Å². The monoisotopic (exact) mass is 1850 g/mol. The summed E-state index contributed by atoms with van der Waals surface area (Å²) in [6.45, 7) is 15.4. The highest BCUT2D eigenvalue weighted by Gasteiger charge is 2.24. The third-order valence-electron chi connectivity index (χ3n) is 29.9. The molecule has 0 radical (unpaired) electrons. The van der Waals surface area contributed by atoms with Crippen molar-refractivity contribution in [2.45, 2.75) is 0 Å². The Kier molecular flexibility index (Phi) is 20.0. The molecule has 0 saturated carbocycles. The molecule has 25 aromatic carbocycles. The van der Waals surface area contributed by atoms with Crippen LogP contribution in [0.5, 0.6) is 0 Å². The summed E-state index contributed by atoms with van der Waals surface area (Å²) in [5.74, 6) is 0. The Morgan fingerprint density at radius 3 is 0.911 bits per heavy atom. The van der Waals surface area contributed by atoms with E-state index < -0.39 is 0 Å². The van der Waals surface area contributed by atoms with Gasteiger partial charge in [0.05, 0.1) is 68.8 Å². The van der Waals surface area contributed by atoms with Crippen molar-refractivity contribution in [1.82, 2.24) is 24.1 Å². The van der Waals surface area contributed by atoms with E-state index in [2.05, 4.69) is 486 Å². The maximum absolute atomic E-state index is 7.69. The third kappa shape index (κ3) is 14.2. The fourth-order valence-corrected chi connectivity index (χ4v) is 23.0. The van der Waals surface area contributed by atoms with Crippen LogP contribution in [0.15, 0.2) is 504 Å². The lowest BCUT2D eigenvalue weighted by atomic mass is 9.89. The van der Waals surface area contributed by atoms with Gasteiger partial charge in [0.25, 0.3) is 0 Å². The molecule has 30 rings (SSSR count). The summed E-state index contributed by atoms with van der Waals surface area (Å²) in [5, 5.41) is 32.8. The van der Waals surface area contributed by atoms with Crippen LogP contribution in [0.1, 0.15) is 0 Å². The van der Waals surface area contributed by atoms with Gasteiger partial charge in [-0.05, 0) is 239 Å². The van der Waals surface area contributed by atoms with Crippen molar-refractivity contribution in [3.8, 4) is 101 Å². The minimum atomic E-state index is 0.640. The molecule has 0 N–H and O–H groups in total. The Balaban J connectivity index is 0.000000107. The molecule has 0 spiro atoms. The fourth-order valence-electron chi connectivity index (χ4n) is 23.0. The van der Waals surface area contributed by atoms with Gasteiger partial charge in [0.2, 0.25) is 0 Å². The van der Waals surface area contributed by atoms with Gasteiger partial charge in [0, 0.05) is 87.3 Å². The molecule has 5 heterocycles. The van der Waals surface area contributed by atoms with Gasteiger partial charge < -0.3 is 9.13 Å². The van der Waals surface area contributed by atoms with Gasteiger partial charge >= 0.3 is 0 Å². The molecule has 674 valence electrons. The average Bonchev–Trinajstić information content (AvgIpc) is 1.76. The molecule has 30 aromatic rings. The number of nitrogens with zero attached hydrogens (tertiary/aromatic N) is 7. The molecule has 146 heavy (non-hydrogen) atoms. The van der Waals surface area contributed by atoms with E-state index in [9.17, 15) is 0 Å². The van der Waals surface area contributed by atoms with Crippen molar-refractivity contribution in [1.29, 1.82) is 0 Å². The second kappa shape index (κ2) is 34.6. The molecule has 0 aliphatic heterocycles. The molecule has 0 saturated heterocycles. The molecule has 5 aromatic heterocycles. The molecule has 0 atom stereocenters. The molecule has 0 fully saturated rings. The number of hydrogen-bond acceptors (Lipinski definition) is 3. The number of aromatic nitrogens is 5. The molecule has 7 nitrogen and oxygen atoms in total. The predicted octanol–water partition coefficient (Wildman–Crippen LogP) is 38.3. The largest absolute Gasteiger partial charge is 0.309 e. The zero-order chi connectivity index (χ0) is 96.6. The first-order chi connectivity index (χ1) is 72.3. The van der Waals surface area contributed by atoms with Crippen LogP contribution >= 0.6 is 0 Å². The fraction of sp³-hybridized carbons (Fsp3) is 0. The molecule has 0 aliphatic rings. The van der Waals surface area contributed by atoms with Crippen molar-refractivity contribution in [3.05, 3.63) is 526 Å². The summed E-state index contributed by atoms with van der Waals surface area (Å²) in [5.41, 5.74) is 28.8. The number of fused-ring (bicyclic) bond motifs is 22. The number of benzene rings is 25. The highest BCUT2D eigenvalue weighted by molar-refractivity contribution is 6.29. The van der Waals surface area contributed by atoms with Crippen LogP contribution in [0.25, 0.3) is 295 Å². The zero-order valence-electron chi connectivity index (χ0n) is 79.1. The summed E-state index contributed by atoms with van der Waals surface area (Å²) in [7, 11) is 0. The lowest BCUT2D eigenvalue weighted by Crippen LogP contribution is -1.93. The lowest BCUT2D eigenvalue weighted by Gasteiger charge is -2.16. The van der Waals surface area contributed by atoms with Crippen LogP contribution < -0.4 is 0 Å². The maximum Gasteiger partial charge on any atom is 0.188 e. The summed E-state index contributed by atoms with van der Waals surface area (Å²) in [6.07, 6.45) is 0. The molecular formula is C139H83N7. The van der Waals surface area contributed by atoms with Crippen LogP contribution in [0, 0.1) is 13.1 Å². The van der Waals surface area contributed by atoms with Crippen LogP contribution in [0.4, 0.5) is 11.4 Å². The number of pyridine rings is 3. The zero-order valence-corrected chi connectivity index (χ0v) is 79.1. The SMILES string of the molecule is [C-]#[N+]c1ccc2c(c1)c1cc(-c3ccc(-c4nc5cc(-c6ccc7ccccc7c6)ccc5c5c4ccc4ccccc45)cc3)ccc1n2-c1ccccc1.[C-]#[N+]c1ccc2c(c1)c1cc(-c3ccc(-c4nc5cc(-c6ccccc6)ccc5c5c4ccc4ccccc45)cc3)ccc1n2-c1ccccc1.c1ccc(-c2nc3cc(-c4ccc5ccc6cccc7ccc4c5c67)ccc3c3c2ccc2ccccc23)cc1. The van der Waals surface area contributed by atoms with Crippen molar-refractivity contribution in [3.63, 3.8) is 0 Å². The molecular weight excluding hydrogens is 1770 g/mol. The second-order valence-electron chi connectivity index (χ2n) is 38.1. The van der Waals surface area contributed by atoms with Crippen molar-refractivity contribution >= 4 is 195 Å². The number of para-hydroxylation sites is 2. The van der Waals surface area contributed by atoms with Crippen LogP contribution in [0.2, 0.25) is 0 Å². The quantitative estimate of drug-likeness (QED) is 0.101. The highest BCUT2D eigenvalue weighted by atomic mass is 15.0. The van der Waals surface area contributed by atoms with E-state index in [1.54, 1.807) is 0 Å². The first-order valence-electron chi connectivity index (χ1n) is 49.5. The summed E-state index contributed by atoms with van der Waals surface area (Å²) >= 11 is 0. The Hall–Kier alpha value is -19.8. The van der Waals surface area contributed by atoms with Crippen LogP contribution in [-0.4, -0.2) is 24.1 Å². The molecule has 0 amide bonds. The highest BCUT2D eigenvalue weighted by Crippen LogP contribution is 2.48.